The van der Waals surface area contributed by atoms with E-state index in [0.717, 1.165) is 4.90 Å². The molecule has 142 valence electrons. The zero-order chi connectivity index (χ0) is 19.3. The SMILES string of the molecule is CCS(=O)(=O)Nc1ccc(NC(=O)CCN2C(=O)CCC2=O)cc1OC. The summed E-state index contributed by atoms with van der Waals surface area (Å²) in [7, 11) is -2.07. The highest BCUT2D eigenvalue weighted by molar-refractivity contribution is 7.92. The average molecular weight is 383 g/mol. The Morgan fingerprint density at radius 3 is 2.46 bits per heavy atom. The number of hydrogen-bond donors (Lipinski definition) is 2. The minimum Gasteiger partial charge on any atom is -0.494 e. The van der Waals surface area contributed by atoms with Crippen LogP contribution in [0.5, 0.6) is 5.75 Å². The summed E-state index contributed by atoms with van der Waals surface area (Å²) in [4.78, 5) is 36.1. The van der Waals surface area contributed by atoms with Gasteiger partial charge in [0.1, 0.15) is 5.75 Å². The van der Waals surface area contributed by atoms with Gasteiger partial charge in [-0.2, -0.15) is 0 Å². The highest BCUT2D eigenvalue weighted by atomic mass is 32.2. The van der Waals surface area contributed by atoms with Crippen LogP contribution in [0.3, 0.4) is 0 Å². The molecule has 1 aliphatic heterocycles. The number of methoxy groups -OCH3 is 1. The fourth-order valence-electron chi connectivity index (χ4n) is 2.40. The molecule has 0 saturated carbocycles. The van der Waals surface area contributed by atoms with Crippen molar-refractivity contribution in [2.75, 3.05) is 29.4 Å². The molecule has 9 nitrogen and oxygen atoms in total. The second kappa shape index (κ2) is 8.17. The highest BCUT2D eigenvalue weighted by Gasteiger charge is 2.28. The molecule has 1 aromatic rings. The van der Waals surface area contributed by atoms with Crippen LogP contribution in [0.15, 0.2) is 18.2 Å². The maximum Gasteiger partial charge on any atom is 0.232 e. The van der Waals surface area contributed by atoms with Crippen molar-refractivity contribution in [2.45, 2.75) is 26.2 Å². The molecular weight excluding hydrogens is 362 g/mol. The molecule has 1 saturated heterocycles. The first-order chi connectivity index (χ1) is 12.3. The van der Waals surface area contributed by atoms with Crippen molar-refractivity contribution >= 4 is 39.1 Å². The molecule has 0 atom stereocenters. The smallest absolute Gasteiger partial charge is 0.232 e. The van der Waals surface area contributed by atoms with Crippen LogP contribution in [-0.4, -0.2) is 50.4 Å². The number of nitrogens with zero attached hydrogens (tertiary/aromatic N) is 1. The first kappa shape index (κ1) is 19.7. The Balaban J connectivity index is 1.99. The van der Waals surface area contributed by atoms with Crippen molar-refractivity contribution in [1.82, 2.24) is 4.90 Å². The van der Waals surface area contributed by atoms with Gasteiger partial charge in [-0.25, -0.2) is 8.42 Å². The average Bonchev–Trinajstić information content (AvgIpc) is 2.92. The monoisotopic (exact) mass is 383 g/mol. The molecule has 26 heavy (non-hydrogen) atoms. The van der Waals surface area contributed by atoms with Gasteiger partial charge in [0.2, 0.25) is 27.7 Å². The number of carbonyl (C=O) groups is 3. The van der Waals surface area contributed by atoms with Gasteiger partial charge in [-0.3, -0.25) is 24.0 Å². The van der Waals surface area contributed by atoms with Gasteiger partial charge in [0.05, 0.1) is 18.6 Å². The van der Waals surface area contributed by atoms with E-state index in [-0.39, 0.29) is 60.7 Å². The number of amides is 3. The van der Waals surface area contributed by atoms with E-state index in [9.17, 15) is 22.8 Å². The number of imide groups is 1. The van der Waals surface area contributed by atoms with Gasteiger partial charge in [-0.1, -0.05) is 0 Å². The third-order valence-corrected chi connectivity index (χ3v) is 5.14. The summed E-state index contributed by atoms with van der Waals surface area (Å²) < 4.78 is 30.9. The highest BCUT2D eigenvalue weighted by Crippen LogP contribution is 2.29. The molecule has 3 amide bonds. The van der Waals surface area contributed by atoms with E-state index < -0.39 is 10.0 Å². The lowest BCUT2D eigenvalue weighted by Gasteiger charge is -2.15. The van der Waals surface area contributed by atoms with Crippen LogP contribution in [0.4, 0.5) is 11.4 Å². The topological polar surface area (TPSA) is 122 Å². The van der Waals surface area contributed by atoms with Gasteiger partial charge in [0, 0.05) is 37.6 Å². The summed E-state index contributed by atoms with van der Waals surface area (Å²) in [5.74, 6) is -0.733. The lowest BCUT2D eigenvalue weighted by Crippen LogP contribution is -2.32. The fourth-order valence-corrected chi connectivity index (χ4v) is 3.05. The molecule has 1 heterocycles. The molecule has 2 N–H and O–H groups in total. The predicted molar refractivity (Wildman–Crippen MR) is 95.3 cm³/mol. The van der Waals surface area contributed by atoms with Gasteiger partial charge in [-0.15, -0.1) is 0 Å². The Bertz CT molecular complexity index is 805. The van der Waals surface area contributed by atoms with E-state index in [1.807, 2.05) is 0 Å². The zero-order valence-corrected chi connectivity index (χ0v) is 15.4. The normalized spacial score (nSPS) is 14.5. The maximum atomic E-state index is 12.0. The van der Waals surface area contributed by atoms with Gasteiger partial charge >= 0.3 is 0 Å². The zero-order valence-electron chi connectivity index (χ0n) is 14.6. The molecule has 2 rings (SSSR count). The summed E-state index contributed by atoms with van der Waals surface area (Å²) in [6.07, 6.45) is 0.351. The number of nitrogens with one attached hydrogen (secondary N) is 2. The van der Waals surface area contributed by atoms with Crippen LogP contribution < -0.4 is 14.8 Å². The lowest BCUT2D eigenvalue weighted by molar-refractivity contribution is -0.138. The van der Waals surface area contributed by atoms with Crippen molar-refractivity contribution < 1.29 is 27.5 Å². The summed E-state index contributed by atoms with van der Waals surface area (Å²) in [6.45, 7) is 1.55. The summed E-state index contributed by atoms with van der Waals surface area (Å²) >= 11 is 0. The van der Waals surface area contributed by atoms with Crippen molar-refractivity contribution in [1.29, 1.82) is 0 Å². The number of hydrogen-bond acceptors (Lipinski definition) is 6. The Morgan fingerprint density at radius 2 is 1.88 bits per heavy atom. The molecule has 10 heteroatoms. The number of anilines is 2. The predicted octanol–water partition coefficient (Wildman–Crippen LogP) is 0.934. The van der Waals surface area contributed by atoms with E-state index in [1.165, 1.54) is 32.2 Å². The Kier molecular flexibility index (Phi) is 6.19. The molecular formula is C16H21N3O6S. The minimum atomic E-state index is -3.46. The number of rotatable bonds is 8. The van der Waals surface area contributed by atoms with Crippen LogP contribution in [-0.2, 0) is 24.4 Å². The summed E-state index contributed by atoms with van der Waals surface area (Å²) in [5.41, 5.74) is 0.672. The molecule has 0 unspecified atom stereocenters. The molecule has 0 radical (unpaired) electrons. The van der Waals surface area contributed by atoms with Crippen LogP contribution in [0.25, 0.3) is 0 Å². The lowest BCUT2D eigenvalue weighted by atomic mass is 10.2. The molecule has 0 aromatic heterocycles. The van der Waals surface area contributed by atoms with E-state index in [1.54, 1.807) is 0 Å². The third-order valence-electron chi connectivity index (χ3n) is 3.85. The number of ether oxygens (including phenoxy) is 1. The molecule has 0 aliphatic carbocycles. The quantitative estimate of drug-likeness (QED) is 0.644. The van der Waals surface area contributed by atoms with Crippen molar-refractivity contribution in [3.63, 3.8) is 0 Å². The van der Waals surface area contributed by atoms with Gasteiger partial charge in [0.15, 0.2) is 0 Å². The number of sulfonamides is 1. The third kappa shape index (κ3) is 4.94. The van der Waals surface area contributed by atoms with Crippen molar-refractivity contribution in [2.24, 2.45) is 0 Å². The summed E-state index contributed by atoms with van der Waals surface area (Å²) in [6, 6.07) is 4.49. The van der Waals surface area contributed by atoms with Gasteiger partial charge in [-0.05, 0) is 19.1 Å². The largest absolute Gasteiger partial charge is 0.494 e. The molecule has 0 bridgehead atoms. The first-order valence-electron chi connectivity index (χ1n) is 8.07. The van der Waals surface area contributed by atoms with Crippen molar-refractivity contribution in [3.05, 3.63) is 18.2 Å². The Labute approximate surface area is 151 Å². The fraction of sp³-hybridized carbons (Fsp3) is 0.438. The Morgan fingerprint density at radius 1 is 1.23 bits per heavy atom. The minimum absolute atomic E-state index is 0.0238. The number of benzene rings is 1. The van der Waals surface area contributed by atoms with Crippen LogP contribution in [0.2, 0.25) is 0 Å². The molecule has 1 aliphatic rings. The first-order valence-corrected chi connectivity index (χ1v) is 9.72. The summed E-state index contributed by atoms with van der Waals surface area (Å²) in [5, 5.41) is 2.63. The Hall–Kier alpha value is -2.62. The number of carbonyl (C=O) groups excluding carboxylic acids is 3. The van der Waals surface area contributed by atoms with Crippen LogP contribution in [0.1, 0.15) is 26.2 Å². The van der Waals surface area contributed by atoms with E-state index in [4.69, 9.17) is 4.74 Å². The standard InChI is InChI=1S/C16H21N3O6S/c1-3-26(23,24)18-12-5-4-11(10-13(12)25-2)17-14(20)8-9-19-15(21)6-7-16(19)22/h4-5,10,18H,3,6-9H2,1-2H3,(H,17,20). The second-order valence-corrected chi connectivity index (χ2v) is 7.67. The van der Waals surface area contributed by atoms with Gasteiger partial charge < -0.3 is 10.1 Å². The molecule has 1 fully saturated rings. The van der Waals surface area contributed by atoms with E-state index in [2.05, 4.69) is 10.0 Å². The second-order valence-electron chi connectivity index (χ2n) is 5.66. The van der Waals surface area contributed by atoms with Crippen LogP contribution in [0, 0.1) is 0 Å². The van der Waals surface area contributed by atoms with E-state index >= 15 is 0 Å². The number of likely N-dealkylation sites (tertiary alicyclic amines) is 1. The van der Waals surface area contributed by atoms with Crippen molar-refractivity contribution in [3.8, 4) is 5.75 Å². The van der Waals surface area contributed by atoms with E-state index in [0.29, 0.717) is 5.69 Å². The van der Waals surface area contributed by atoms with Gasteiger partial charge in [0.25, 0.3) is 0 Å². The van der Waals surface area contributed by atoms with Crippen LogP contribution >= 0.6 is 0 Å². The molecule has 1 aromatic carbocycles. The molecule has 0 spiro atoms. The maximum absolute atomic E-state index is 12.0.